The molecule has 0 heterocycles. The number of rotatable bonds is 8. The van der Waals surface area contributed by atoms with Crippen LogP contribution in [0.15, 0.2) is 84.0 Å². The van der Waals surface area contributed by atoms with E-state index in [9.17, 15) is 9.59 Å². The first-order valence-corrected chi connectivity index (χ1v) is 9.56. The highest BCUT2D eigenvalue weighted by Crippen LogP contribution is 2.18. The van der Waals surface area contributed by atoms with Crippen LogP contribution in [0, 0.1) is 0 Å². The molecule has 0 spiro atoms. The Hall–Kier alpha value is -4.13. The van der Waals surface area contributed by atoms with Gasteiger partial charge in [-0.3, -0.25) is 4.79 Å². The molecule has 0 radical (unpaired) electrons. The molecule has 31 heavy (non-hydrogen) atoms. The number of methoxy groups -OCH3 is 1. The quantitative estimate of drug-likeness (QED) is 0.260. The van der Waals surface area contributed by atoms with Gasteiger partial charge in [0, 0.05) is 0 Å². The largest absolute Gasteiger partial charge is 0.497 e. The van der Waals surface area contributed by atoms with Crippen molar-refractivity contribution in [3.05, 3.63) is 90.0 Å². The first kappa shape index (κ1) is 21.6. The third kappa shape index (κ3) is 6.43. The first-order valence-electron chi connectivity index (χ1n) is 9.56. The van der Waals surface area contributed by atoms with Crippen LogP contribution in [0.1, 0.15) is 22.8 Å². The zero-order valence-corrected chi connectivity index (χ0v) is 17.1. The fourth-order valence-electron chi connectivity index (χ4n) is 2.54. The minimum atomic E-state index is -0.731. The van der Waals surface area contributed by atoms with Crippen molar-refractivity contribution in [2.24, 2.45) is 5.10 Å². The first-order chi connectivity index (χ1) is 15.0. The van der Waals surface area contributed by atoms with E-state index in [4.69, 9.17) is 14.2 Å². The number of hydrogen-bond acceptors (Lipinski definition) is 6. The highest BCUT2D eigenvalue weighted by molar-refractivity contribution is 5.91. The standard InChI is InChI=1S/C24H22N2O5/c1-17(30-21-14-12-20(29-2)13-15-21)23(27)26-25-16-18-8-10-22(11-9-18)31-24(28)19-6-4-3-5-7-19/h3-17H,1-2H3,(H,26,27). The Morgan fingerprint density at radius 3 is 2.13 bits per heavy atom. The number of benzene rings is 3. The second-order valence-corrected chi connectivity index (χ2v) is 6.49. The third-order valence-corrected chi connectivity index (χ3v) is 4.23. The molecular formula is C24H22N2O5. The fraction of sp³-hybridized carbons (Fsp3) is 0.125. The molecular weight excluding hydrogens is 396 g/mol. The summed E-state index contributed by atoms with van der Waals surface area (Å²) in [6.07, 6.45) is 0.756. The lowest BCUT2D eigenvalue weighted by atomic mass is 10.2. The molecule has 3 aromatic rings. The van der Waals surface area contributed by atoms with Crippen molar-refractivity contribution in [3.63, 3.8) is 0 Å². The summed E-state index contributed by atoms with van der Waals surface area (Å²) in [4.78, 5) is 24.2. The molecule has 0 aliphatic heterocycles. The van der Waals surface area contributed by atoms with Crippen LogP contribution in [0.5, 0.6) is 17.2 Å². The summed E-state index contributed by atoms with van der Waals surface area (Å²) in [7, 11) is 1.58. The zero-order chi connectivity index (χ0) is 22.1. The van der Waals surface area contributed by atoms with Crippen molar-refractivity contribution in [2.45, 2.75) is 13.0 Å². The number of nitrogens with zero attached hydrogens (tertiary/aromatic N) is 1. The number of hydrazone groups is 1. The van der Waals surface area contributed by atoms with Gasteiger partial charge in [-0.2, -0.15) is 5.10 Å². The molecule has 3 aromatic carbocycles. The summed E-state index contributed by atoms with van der Waals surface area (Å²) in [6, 6.07) is 22.4. The van der Waals surface area contributed by atoms with Crippen LogP contribution in [0.25, 0.3) is 0 Å². The van der Waals surface area contributed by atoms with Gasteiger partial charge in [-0.25, -0.2) is 10.2 Å². The minimum absolute atomic E-state index is 0.388. The number of carbonyl (C=O) groups is 2. The van der Waals surface area contributed by atoms with Gasteiger partial charge in [-0.1, -0.05) is 18.2 Å². The van der Waals surface area contributed by atoms with Crippen LogP contribution >= 0.6 is 0 Å². The van der Waals surface area contributed by atoms with Crippen LogP contribution in [-0.2, 0) is 4.79 Å². The van der Waals surface area contributed by atoms with Crippen LogP contribution in [0.4, 0.5) is 0 Å². The number of esters is 1. The molecule has 3 rings (SSSR count). The summed E-state index contributed by atoms with van der Waals surface area (Å²) < 4.78 is 16.0. The van der Waals surface area contributed by atoms with Crippen LogP contribution in [0.3, 0.4) is 0 Å². The SMILES string of the molecule is COc1ccc(OC(C)C(=O)NN=Cc2ccc(OC(=O)c3ccccc3)cc2)cc1. The summed E-state index contributed by atoms with van der Waals surface area (Å²) in [6.45, 7) is 1.63. The molecule has 1 atom stereocenters. The lowest BCUT2D eigenvalue weighted by Gasteiger charge is -2.13. The van der Waals surface area contributed by atoms with Gasteiger partial charge in [0.05, 0.1) is 18.9 Å². The Bertz CT molecular complexity index is 1030. The molecule has 0 aromatic heterocycles. The highest BCUT2D eigenvalue weighted by Gasteiger charge is 2.14. The van der Waals surface area contributed by atoms with Gasteiger partial charge >= 0.3 is 5.97 Å². The van der Waals surface area contributed by atoms with Crippen molar-refractivity contribution in [1.29, 1.82) is 0 Å². The maximum atomic E-state index is 12.1. The fourth-order valence-corrected chi connectivity index (χ4v) is 2.54. The van der Waals surface area contributed by atoms with Crippen LogP contribution in [0.2, 0.25) is 0 Å². The maximum Gasteiger partial charge on any atom is 0.343 e. The van der Waals surface area contributed by atoms with Crippen molar-refractivity contribution in [3.8, 4) is 17.2 Å². The topological polar surface area (TPSA) is 86.2 Å². The van der Waals surface area contributed by atoms with Gasteiger partial charge in [0.15, 0.2) is 6.10 Å². The lowest BCUT2D eigenvalue weighted by Crippen LogP contribution is -2.33. The van der Waals surface area contributed by atoms with Crippen molar-refractivity contribution in [2.75, 3.05) is 7.11 Å². The van der Waals surface area contributed by atoms with Crippen molar-refractivity contribution >= 4 is 18.1 Å². The van der Waals surface area contributed by atoms with E-state index in [1.54, 1.807) is 86.8 Å². The molecule has 7 nitrogen and oxygen atoms in total. The predicted octanol–water partition coefficient (Wildman–Crippen LogP) is 3.83. The zero-order valence-electron chi connectivity index (χ0n) is 17.1. The lowest BCUT2D eigenvalue weighted by molar-refractivity contribution is -0.127. The molecule has 0 bridgehead atoms. The molecule has 158 valence electrons. The molecule has 0 aliphatic rings. The average Bonchev–Trinajstić information content (AvgIpc) is 2.81. The summed E-state index contributed by atoms with van der Waals surface area (Å²) in [5, 5.41) is 3.94. The second-order valence-electron chi connectivity index (χ2n) is 6.49. The van der Waals surface area contributed by atoms with Gasteiger partial charge in [-0.15, -0.1) is 0 Å². The Morgan fingerprint density at radius 2 is 1.48 bits per heavy atom. The number of amides is 1. The van der Waals surface area contributed by atoms with E-state index in [1.807, 2.05) is 6.07 Å². The number of ether oxygens (including phenoxy) is 3. The second kappa shape index (κ2) is 10.6. The number of carbonyl (C=O) groups excluding carboxylic acids is 2. The van der Waals surface area contributed by atoms with E-state index in [1.165, 1.54) is 6.21 Å². The minimum Gasteiger partial charge on any atom is -0.497 e. The molecule has 0 aliphatic carbocycles. The summed E-state index contributed by atoms with van der Waals surface area (Å²) >= 11 is 0. The van der Waals surface area contributed by atoms with Gasteiger partial charge in [0.25, 0.3) is 5.91 Å². The van der Waals surface area contributed by atoms with Crippen LogP contribution in [-0.4, -0.2) is 31.3 Å². The normalized spacial score (nSPS) is 11.5. The number of nitrogens with one attached hydrogen (secondary N) is 1. The van der Waals surface area contributed by atoms with E-state index in [2.05, 4.69) is 10.5 Å². The molecule has 0 saturated heterocycles. The Labute approximate surface area is 180 Å². The van der Waals surface area contributed by atoms with E-state index < -0.39 is 12.1 Å². The van der Waals surface area contributed by atoms with E-state index in [0.717, 1.165) is 5.56 Å². The van der Waals surface area contributed by atoms with Crippen molar-refractivity contribution in [1.82, 2.24) is 5.43 Å². The van der Waals surface area contributed by atoms with E-state index >= 15 is 0 Å². The number of hydrogen-bond donors (Lipinski definition) is 1. The molecule has 0 saturated carbocycles. The molecule has 1 unspecified atom stereocenters. The van der Waals surface area contributed by atoms with E-state index in [0.29, 0.717) is 22.8 Å². The predicted molar refractivity (Wildman–Crippen MR) is 117 cm³/mol. The van der Waals surface area contributed by atoms with E-state index in [-0.39, 0.29) is 5.91 Å². The highest BCUT2D eigenvalue weighted by atomic mass is 16.5. The Balaban J connectivity index is 1.48. The summed E-state index contributed by atoms with van der Waals surface area (Å²) in [5.41, 5.74) is 3.64. The molecule has 7 heteroatoms. The van der Waals surface area contributed by atoms with Gasteiger partial charge < -0.3 is 14.2 Å². The van der Waals surface area contributed by atoms with Gasteiger partial charge in [0.2, 0.25) is 0 Å². The average molecular weight is 418 g/mol. The smallest absolute Gasteiger partial charge is 0.343 e. The monoisotopic (exact) mass is 418 g/mol. The Kier molecular flexibility index (Phi) is 7.37. The molecule has 1 amide bonds. The Morgan fingerprint density at radius 1 is 0.871 bits per heavy atom. The van der Waals surface area contributed by atoms with Gasteiger partial charge in [-0.05, 0) is 73.2 Å². The molecule has 0 fully saturated rings. The maximum absolute atomic E-state index is 12.1. The van der Waals surface area contributed by atoms with Gasteiger partial charge in [0.1, 0.15) is 17.2 Å². The summed E-state index contributed by atoms with van der Waals surface area (Å²) in [5.74, 6) is 0.847. The molecule has 1 N–H and O–H groups in total. The van der Waals surface area contributed by atoms with Crippen LogP contribution < -0.4 is 19.6 Å². The third-order valence-electron chi connectivity index (χ3n) is 4.23. The van der Waals surface area contributed by atoms with Crippen molar-refractivity contribution < 1.29 is 23.8 Å².